The van der Waals surface area contributed by atoms with Gasteiger partial charge in [0.2, 0.25) is 0 Å². The van der Waals surface area contributed by atoms with E-state index in [1.807, 2.05) is 35.8 Å². The lowest BCUT2D eigenvalue weighted by Gasteiger charge is -2.32. The molecule has 0 unspecified atom stereocenters. The lowest BCUT2D eigenvalue weighted by molar-refractivity contribution is 0.206. The van der Waals surface area contributed by atoms with Gasteiger partial charge in [-0.05, 0) is 37.9 Å². The SMILES string of the molecule is CCCN1CCC(NC(=NC)NCCc2nnc3ccccn23)CC1.I. The Bertz CT molecular complexity index is 692. The maximum absolute atomic E-state index is 4.36. The molecule has 0 spiro atoms. The zero-order chi connectivity index (χ0) is 17.5. The number of guanidine groups is 1. The van der Waals surface area contributed by atoms with Crippen LogP contribution in [0.2, 0.25) is 0 Å². The van der Waals surface area contributed by atoms with E-state index in [2.05, 4.69) is 37.6 Å². The number of aliphatic imine (C=N–C) groups is 1. The molecular formula is C18H30IN7. The highest BCUT2D eigenvalue weighted by Crippen LogP contribution is 2.10. The fourth-order valence-corrected chi connectivity index (χ4v) is 3.36. The molecule has 0 aliphatic carbocycles. The molecule has 3 heterocycles. The van der Waals surface area contributed by atoms with Gasteiger partial charge in [0, 0.05) is 45.3 Å². The van der Waals surface area contributed by atoms with Gasteiger partial charge in [-0.15, -0.1) is 34.2 Å². The van der Waals surface area contributed by atoms with E-state index in [0.29, 0.717) is 6.04 Å². The fourth-order valence-electron chi connectivity index (χ4n) is 3.36. The van der Waals surface area contributed by atoms with Crippen LogP contribution in [0, 0.1) is 0 Å². The van der Waals surface area contributed by atoms with Gasteiger partial charge in [0.25, 0.3) is 0 Å². The summed E-state index contributed by atoms with van der Waals surface area (Å²) in [5.41, 5.74) is 0.888. The number of likely N-dealkylation sites (tertiary alicyclic amines) is 1. The first kappa shape index (κ1) is 20.9. The highest BCUT2D eigenvalue weighted by atomic mass is 127. The number of aromatic nitrogens is 3. The predicted molar refractivity (Wildman–Crippen MR) is 116 cm³/mol. The minimum absolute atomic E-state index is 0. The summed E-state index contributed by atoms with van der Waals surface area (Å²) >= 11 is 0. The number of pyridine rings is 1. The fraction of sp³-hybridized carbons (Fsp3) is 0.611. The lowest BCUT2D eigenvalue weighted by atomic mass is 10.1. The van der Waals surface area contributed by atoms with E-state index in [-0.39, 0.29) is 24.0 Å². The van der Waals surface area contributed by atoms with Gasteiger partial charge in [-0.3, -0.25) is 9.39 Å². The topological polar surface area (TPSA) is 69.8 Å². The molecule has 1 aliphatic rings. The Morgan fingerprint density at radius 1 is 1.27 bits per heavy atom. The number of fused-ring (bicyclic) bond motifs is 1. The summed E-state index contributed by atoms with van der Waals surface area (Å²) in [6.07, 6.45) is 6.40. The Labute approximate surface area is 172 Å². The van der Waals surface area contributed by atoms with Crippen LogP contribution in [0.15, 0.2) is 29.4 Å². The third-order valence-electron chi connectivity index (χ3n) is 4.72. The Kier molecular flexibility index (Phi) is 8.56. The Balaban J connectivity index is 0.00000243. The minimum Gasteiger partial charge on any atom is -0.356 e. The van der Waals surface area contributed by atoms with E-state index in [9.17, 15) is 0 Å². The van der Waals surface area contributed by atoms with Crippen LogP contribution in [-0.4, -0.2) is 64.7 Å². The Morgan fingerprint density at radius 3 is 2.81 bits per heavy atom. The average molecular weight is 471 g/mol. The van der Waals surface area contributed by atoms with Gasteiger partial charge in [0.15, 0.2) is 11.6 Å². The first-order chi connectivity index (χ1) is 12.3. The van der Waals surface area contributed by atoms with Gasteiger partial charge in [0.05, 0.1) is 0 Å². The molecule has 0 aromatic carbocycles. The average Bonchev–Trinajstić information content (AvgIpc) is 3.06. The van der Waals surface area contributed by atoms with E-state index < -0.39 is 0 Å². The van der Waals surface area contributed by atoms with Crippen molar-refractivity contribution >= 4 is 35.6 Å². The molecule has 144 valence electrons. The number of rotatable bonds is 6. The molecule has 2 aromatic rings. The number of nitrogens with zero attached hydrogens (tertiary/aromatic N) is 5. The zero-order valence-corrected chi connectivity index (χ0v) is 18.0. The van der Waals surface area contributed by atoms with Crippen LogP contribution in [0.4, 0.5) is 0 Å². The highest BCUT2D eigenvalue weighted by Gasteiger charge is 2.19. The van der Waals surface area contributed by atoms with Crippen LogP contribution in [0.25, 0.3) is 5.65 Å². The standard InChI is InChI=1S/C18H29N7.HI/c1-3-11-24-13-8-15(9-14-24)21-18(19-2)20-10-7-17-23-22-16-6-4-5-12-25(16)17;/h4-6,12,15H,3,7-11,13-14H2,1-2H3,(H2,19,20,21);1H. The second-order valence-corrected chi connectivity index (χ2v) is 6.55. The van der Waals surface area contributed by atoms with Gasteiger partial charge in [0.1, 0.15) is 5.82 Å². The summed E-state index contributed by atoms with van der Waals surface area (Å²) in [7, 11) is 1.83. The van der Waals surface area contributed by atoms with E-state index in [1.54, 1.807) is 0 Å². The molecule has 3 rings (SSSR count). The van der Waals surface area contributed by atoms with Crippen molar-refractivity contribution in [2.24, 2.45) is 4.99 Å². The van der Waals surface area contributed by atoms with Crippen LogP contribution in [0.1, 0.15) is 32.0 Å². The summed E-state index contributed by atoms with van der Waals surface area (Å²) in [5, 5.41) is 15.4. The Morgan fingerprint density at radius 2 is 2.08 bits per heavy atom. The summed E-state index contributed by atoms with van der Waals surface area (Å²) in [6.45, 7) is 6.59. The minimum atomic E-state index is 0. The monoisotopic (exact) mass is 471 g/mol. The molecule has 2 N–H and O–H groups in total. The number of hydrogen-bond donors (Lipinski definition) is 2. The largest absolute Gasteiger partial charge is 0.356 e. The summed E-state index contributed by atoms with van der Waals surface area (Å²) in [4.78, 5) is 6.90. The molecular weight excluding hydrogens is 441 g/mol. The number of halogens is 1. The van der Waals surface area contributed by atoms with E-state index in [4.69, 9.17) is 0 Å². The zero-order valence-electron chi connectivity index (χ0n) is 15.7. The third-order valence-corrected chi connectivity index (χ3v) is 4.72. The van der Waals surface area contributed by atoms with Crippen LogP contribution >= 0.6 is 24.0 Å². The quantitative estimate of drug-likeness (QED) is 0.383. The number of hydrogen-bond acceptors (Lipinski definition) is 4. The first-order valence-corrected chi connectivity index (χ1v) is 9.28. The summed E-state index contributed by atoms with van der Waals surface area (Å²) in [5.74, 6) is 1.84. The maximum Gasteiger partial charge on any atom is 0.191 e. The third kappa shape index (κ3) is 5.54. The molecule has 0 saturated carbocycles. The molecule has 1 aliphatic heterocycles. The smallest absolute Gasteiger partial charge is 0.191 e. The molecule has 0 bridgehead atoms. The number of piperidine rings is 1. The first-order valence-electron chi connectivity index (χ1n) is 9.28. The maximum atomic E-state index is 4.36. The van der Waals surface area contributed by atoms with Crippen LogP contribution in [0.5, 0.6) is 0 Å². The van der Waals surface area contributed by atoms with Crippen molar-refractivity contribution in [3.05, 3.63) is 30.2 Å². The lowest BCUT2D eigenvalue weighted by Crippen LogP contribution is -2.49. The molecule has 1 fully saturated rings. The summed E-state index contributed by atoms with van der Waals surface area (Å²) < 4.78 is 2.03. The van der Waals surface area contributed by atoms with E-state index in [0.717, 1.165) is 30.4 Å². The molecule has 7 nitrogen and oxygen atoms in total. The van der Waals surface area contributed by atoms with Crippen molar-refractivity contribution in [2.75, 3.05) is 33.2 Å². The predicted octanol–water partition coefficient (Wildman–Crippen LogP) is 1.93. The van der Waals surface area contributed by atoms with Crippen molar-refractivity contribution in [1.29, 1.82) is 0 Å². The molecule has 0 amide bonds. The van der Waals surface area contributed by atoms with E-state index >= 15 is 0 Å². The van der Waals surface area contributed by atoms with Gasteiger partial charge in [-0.1, -0.05) is 13.0 Å². The molecule has 0 radical (unpaired) electrons. The Hall–Kier alpha value is -1.42. The molecule has 26 heavy (non-hydrogen) atoms. The molecule has 0 atom stereocenters. The normalized spacial score (nSPS) is 16.5. The second kappa shape index (κ2) is 10.7. The van der Waals surface area contributed by atoms with Crippen LogP contribution in [-0.2, 0) is 6.42 Å². The van der Waals surface area contributed by atoms with Crippen LogP contribution in [0.3, 0.4) is 0 Å². The molecule has 2 aromatic heterocycles. The summed E-state index contributed by atoms with van der Waals surface area (Å²) in [6, 6.07) is 6.45. The molecule has 8 heteroatoms. The highest BCUT2D eigenvalue weighted by molar-refractivity contribution is 14.0. The van der Waals surface area contributed by atoms with Gasteiger partial charge in [-0.25, -0.2) is 0 Å². The second-order valence-electron chi connectivity index (χ2n) is 6.55. The van der Waals surface area contributed by atoms with E-state index in [1.165, 1.54) is 38.9 Å². The van der Waals surface area contributed by atoms with Gasteiger partial charge >= 0.3 is 0 Å². The van der Waals surface area contributed by atoms with Crippen molar-refractivity contribution in [3.63, 3.8) is 0 Å². The van der Waals surface area contributed by atoms with Gasteiger partial charge < -0.3 is 15.5 Å². The van der Waals surface area contributed by atoms with Crippen LogP contribution < -0.4 is 10.6 Å². The van der Waals surface area contributed by atoms with Crippen molar-refractivity contribution in [1.82, 2.24) is 30.1 Å². The van der Waals surface area contributed by atoms with Crippen molar-refractivity contribution in [3.8, 4) is 0 Å². The molecule has 1 saturated heterocycles. The van der Waals surface area contributed by atoms with Crippen molar-refractivity contribution < 1.29 is 0 Å². The van der Waals surface area contributed by atoms with Gasteiger partial charge in [-0.2, -0.15) is 0 Å². The number of nitrogens with one attached hydrogen (secondary N) is 2. The van der Waals surface area contributed by atoms with Crippen molar-refractivity contribution in [2.45, 2.75) is 38.6 Å².